The number of benzene rings is 1. The quantitative estimate of drug-likeness (QED) is 0.862. The van der Waals surface area contributed by atoms with Gasteiger partial charge in [-0.2, -0.15) is 0 Å². The van der Waals surface area contributed by atoms with Crippen LogP contribution in [0.3, 0.4) is 0 Å². The largest absolute Gasteiger partial charge is 0.478 e. The topological polar surface area (TPSA) is 83.5 Å². The maximum atomic E-state index is 13.6. The van der Waals surface area contributed by atoms with Crippen LogP contribution < -0.4 is 5.32 Å². The van der Waals surface area contributed by atoms with E-state index in [1.54, 1.807) is 0 Å². The number of aromatic carboxylic acids is 1. The number of rotatable bonds is 3. The Morgan fingerprint density at radius 2 is 2.17 bits per heavy atom. The number of hydrogen-bond acceptors (Lipinski definition) is 4. The molecular formula is C11H12FNO4S. The fraction of sp³-hybridized carbons (Fsp3) is 0.364. The lowest BCUT2D eigenvalue weighted by Crippen LogP contribution is -2.21. The minimum atomic E-state index is -3.03. The third-order valence-corrected chi connectivity index (χ3v) is 4.58. The molecule has 0 amide bonds. The first-order chi connectivity index (χ1) is 8.37. The highest BCUT2D eigenvalue weighted by atomic mass is 32.2. The van der Waals surface area contributed by atoms with Gasteiger partial charge in [0, 0.05) is 6.04 Å². The van der Waals surface area contributed by atoms with E-state index in [0.29, 0.717) is 6.42 Å². The first kappa shape index (κ1) is 12.8. The SMILES string of the molecule is O=C(O)c1ccc(NC2CCS(=O)(=O)C2)c(F)c1. The molecule has 1 unspecified atom stereocenters. The molecule has 18 heavy (non-hydrogen) atoms. The molecule has 1 aromatic rings. The molecule has 98 valence electrons. The zero-order valence-electron chi connectivity index (χ0n) is 9.39. The summed E-state index contributed by atoms with van der Waals surface area (Å²) >= 11 is 0. The molecule has 0 spiro atoms. The lowest BCUT2D eigenvalue weighted by Gasteiger charge is -2.13. The highest BCUT2D eigenvalue weighted by Gasteiger charge is 2.28. The first-order valence-corrected chi connectivity index (χ1v) is 7.19. The van der Waals surface area contributed by atoms with Crippen LogP contribution in [-0.2, 0) is 9.84 Å². The number of halogens is 1. The predicted molar refractivity (Wildman–Crippen MR) is 64.0 cm³/mol. The molecule has 1 atom stereocenters. The van der Waals surface area contributed by atoms with E-state index in [1.165, 1.54) is 12.1 Å². The number of sulfone groups is 1. The van der Waals surface area contributed by atoms with Gasteiger partial charge >= 0.3 is 5.97 Å². The Balaban J connectivity index is 2.13. The Morgan fingerprint density at radius 1 is 1.44 bits per heavy atom. The van der Waals surface area contributed by atoms with Crippen molar-refractivity contribution in [1.82, 2.24) is 0 Å². The third-order valence-electron chi connectivity index (χ3n) is 2.81. The van der Waals surface area contributed by atoms with E-state index in [1.807, 2.05) is 0 Å². The molecular weight excluding hydrogens is 261 g/mol. The Kier molecular flexibility index (Phi) is 3.25. The maximum absolute atomic E-state index is 13.6. The van der Waals surface area contributed by atoms with Crippen LogP contribution in [0.2, 0.25) is 0 Å². The number of carbonyl (C=O) groups is 1. The first-order valence-electron chi connectivity index (χ1n) is 5.37. The Hall–Kier alpha value is -1.63. The molecule has 1 aliphatic heterocycles. The summed E-state index contributed by atoms with van der Waals surface area (Å²) in [5.74, 6) is -1.82. The maximum Gasteiger partial charge on any atom is 0.335 e. The van der Waals surface area contributed by atoms with E-state index in [0.717, 1.165) is 6.07 Å². The molecule has 2 rings (SSSR count). The Labute approximate surface area is 104 Å². The van der Waals surface area contributed by atoms with Crippen molar-refractivity contribution in [3.05, 3.63) is 29.6 Å². The van der Waals surface area contributed by atoms with Gasteiger partial charge in [0.25, 0.3) is 0 Å². The van der Waals surface area contributed by atoms with Crippen molar-refractivity contribution in [1.29, 1.82) is 0 Å². The van der Waals surface area contributed by atoms with E-state index in [4.69, 9.17) is 5.11 Å². The van der Waals surface area contributed by atoms with Crippen molar-refractivity contribution < 1.29 is 22.7 Å². The average molecular weight is 273 g/mol. The molecule has 0 radical (unpaired) electrons. The number of nitrogens with one attached hydrogen (secondary N) is 1. The van der Waals surface area contributed by atoms with Crippen molar-refractivity contribution in [3.8, 4) is 0 Å². The lowest BCUT2D eigenvalue weighted by molar-refractivity contribution is 0.0696. The summed E-state index contributed by atoms with van der Waals surface area (Å²) in [6.45, 7) is 0. The molecule has 7 heteroatoms. The number of anilines is 1. The molecule has 1 aliphatic rings. The summed E-state index contributed by atoms with van der Waals surface area (Å²) in [7, 11) is -3.03. The zero-order chi connectivity index (χ0) is 13.3. The molecule has 0 bridgehead atoms. The molecule has 2 N–H and O–H groups in total. The van der Waals surface area contributed by atoms with Gasteiger partial charge in [-0.25, -0.2) is 17.6 Å². The van der Waals surface area contributed by atoms with Gasteiger partial charge in [0.05, 0.1) is 22.8 Å². The van der Waals surface area contributed by atoms with Crippen LogP contribution in [0.4, 0.5) is 10.1 Å². The average Bonchev–Trinajstić information content (AvgIpc) is 2.61. The minimum absolute atomic E-state index is 0.0207. The van der Waals surface area contributed by atoms with Crippen LogP contribution in [0.25, 0.3) is 0 Å². The summed E-state index contributed by atoms with van der Waals surface area (Å²) in [5.41, 5.74) is -0.0146. The molecule has 1 saturated heterocycles. The van der Waals surface area contributed by atoms with Gasteiger partial charge in [-0.05, 0) is 24.6 Å². The second-order valence-corrected chi connectivity index (χ2v) is 6.47. The smallest absolute Gasteiger partial charge is 0.335 e. The molecule has 1 fully saturated rings. The van der Waals surface area contributed by atoms with Crippen LogP contribution >= 0.6 is 0 Å². The summed E-state index contributed by atoms with van der Waals surface area (Å²) in [5, 5.41) is 11.5. The van der Waals surface area contributed by atoms with Crippen molar-refractivity contribution >= 4 is 21.5 Å². The van der Waals surface area contributed by atoms with Crippen LogP contribution in [0, 0.1) is 5.82 Å². The van der Waals surface area contributed by atoms with E-state index >= 15 is 0 Å². The standard InChI is InChI=1S/C11H12FNO4S/c12-9-5-7(11(14)15)1-2-10(9)13-8-3-4-18(16,17)6-8/h1-2,5,8,13H,3-4,6H2,(H,14,15). The molecule has 0 aromatic heterocycles. The fourth-order valence-electron chi connectivity index (χ4n) is 1.89. The minimum Gasteiger partial charge on any atom is -0.478 e. The van der Waals surface area contributed by atoms with Crippen LogP contribution in [-0.4, -0.2) is 37.0 Å². The van der Waals surface area contributed by atoms with E-state index in [-0.39, 0.29) is 28.8 Å². The van der Waals surface area contributed by atoms with Gasteiger partial charge in [0.1, 0.15) is 5.82 Å². The molecule has 5 nitrogen and oxygen atoms in total. The predicted octanol–water partition coefficient (Wildman–Crippen LogP) is 1.12. The summed E-state index contributed by atoms with van der Waals surface area (Å²) in [6.07, 6.45) is 0.433. The van der Waals surface area contributed by atoms with Crippen LogP contribution in [0.5, 0.6) is 0 Å². The third kappa shape index (κ3) is 2.79. The Morgan fingerprint density at radius 3 is 2.67 bits per heavy atom. The lowest BCUT2D eigenvalue weighted by atomic mass is 10.1. The number of carboxylic acids is 1. The molecule has 0 aliphatic carbocycles. The summed E-state index contributed by atoms with van der Waals surface area (Å²) in [4.78, 5) is 10.6. The normalized spacial score (nSPS) is 21.7. The highest BCUT2D eigenvalue weighted by molar-refractivity contribution is 7.91. The van der Waals surface area contributed by atoms with Gasteiger partial charge in [-0.15, -0.1) is 0 Å². The molecule has 1 aromatic carbocycles. The van der Waals surface area contributed by atoms with Crippen LogP contribution in [0.1, 0.15) is 16.8 Å². The van der Waals surface area contributed by atoms with Gasteiger partial charge < -0.3 is 10.4 Å². The zero-order valence-corrected chi connectivity index (χ0v) is 10.2. The van der Waals surface area contributed by atoms with Gasteiger partial charge in [-0.1, -0.05) is 0 Å². The second kappa shape index (κ2) is 4.56. The number of hydrogen-bond donors (Lipinski definition) is 2. The second-order valence-electron chi connectivity index (χ2n) is 4.24. The van der Waals surface area contributed by atoms with Crippen molar-refractivity contribution in [2.45, 2.75) is 12.5 Å². The fourth-order valence-corrected chi connectivity index (χ4v) is 3.57. The van der Waals surface area contributed by atoms with Gasteiger partial charge in [0.15, 0.2) is 9.84 Å². The van der Waals surface area contributed by atoms with Crippen molar-refractivity contribution in [3.63, 3.8) is 0 Å². The van der Waals surface area contributed by atoms with Crippen LogP contribution in [0.15, 0.2) is 18.2 Å². The van der Waals surface area contributed by atoms with E-state index < -0.39 is 21.6 Å². The summed E-state index contributed by atoms with van der Waals surface area (Å²) in [6, 6.07) is 3.18. The van der Waals surface area contributed by atoms with Crippen molar-refractivity contribution in [2.24, 2.45) is 0 Å². The Bertz CT molecular complexity index is 585. The number of carboxylic acid groups (broad SMARTS) is 1. The monoisotopic (exact) mass is 273 g/mol. The van der Waals surface area contributed by atoms with Gasteiger partial charge in [-0.3, -0.25) is 0 Å². The highest BCUT2D eigenvalue weighted by Crippen LogP contribution is 2.21. The summed E-state index contributed by atoms with van der Waals surface area (Å²) < 4.78 is 36.1. The van der Waals surface area contributed by atoms with Crippen molar-refractivity contribution in [2.75, 3.05) is 16.8 Å². The van der Waals surface area contributed by atoms with E-state index in [9.17, 15) is 17.6 Å². The van der Waals surface area contributed by atoms with Gasteiger partial charge in [0.2, 0.25) is 0 Å². The molecule has 0 saturated carbocycles. The van der Waals surface area contributed by atoms with E-state index in [2.05, 4.69) is 5.32 Å². The molecule has 1 heterocycles.